The van der Waals surface area contributed by atoms with Gasteiger partial charge in [0, 0.05) is 25.2 Å². The molecular formula is C26H19N3. The highest BCUT2D eigenvalue weighted by Crippen LogP contribution is 2.42. The summed E-state index contributed by atoms with van der Waals surface area (Å²) in [6.07, 6.45) is 0. The Morgan fingerprint density at radius 3 is 1.41 bits per heavy atom. The number of hydrogen-bond acceptors (Lipinski definition) is 2. The Labute approximate surface area is 168 Å². The molecule has 1 aliphatic rings. The van der Waals surface area contributed by atoms with Gasteiger partial charge >= 0.3 is 0 Å². The van der Waals surface area contributed by atoms with Gasteiger partial charge in [-0.1, -0.05) is 72.8 Å². The first-order valence-electron chi connectivity index (χ1n) is 9.82. The van der Waals surface area contributed by atoms with Gasteiger partial charge in [0.05, 0.1) is 0 Å². The number of nitrogens with zero attached hydrogens (tertiary/aromatic N) is 2. The van der Waals surface area contributed by atoms with Gasteiger partial charge in [-0.3, -0.25) is 9.98 Å². The monoisotopic (exact) mass is 373 g/mol. The summed E-state index contributed by atoms with van der Waals surface area (Å²) in [4.78, 5) is 9.10. The zero-order valence-electron chi connectivity index (χ0n) is 16.3. The van der Waals surface area contributed by atoms with Crippen molar-refractivity contribution in [2.45, 2.75) is 0 Å². The molecule has 0 spiro atoms. The molecule has 1 aliphatic heterocycles. The molecule has 138 valence electrons. The van der Waals surface area contributed by atoms with Gasteiger partial charge in [-0.05, 0) is 43.1 Å². The molecule has 0 unspecified atom stereocenters. The van der Waals surface area contributed by atoms with Crippen LogP contribution in [0.4, 0.5) is 0 Å². The van der Waals surface area contributed by atoms with Gasteiger partial charge in [0.1, 0.15) is 11.7 Å². The molecule has 3 nitrogen and oxygen atoms in total. The van der Waals surface area contributed by atoms with Gasteiger partial charge < -0.3 is 5.32 Å². The quantitative estimate of drug-likeness (QED) is 0.350. The lowest BCUT2D eigenvalue weighted by atomic mass is 9.87. The Hall–Kier alpha value is -3.72. The molecule has 5 aromatic rings. The summed E-state index contributed by atoms with van der Waals surface area (Å²) in [5, 5.41) is 13.5. The summed E-state index contributed by atoms with van der Waals surface area (Å²) in [7, 11) is 3.67. The topological polar surface area (TPSA) is 36.8 Å². The van der Waals surface area contributed by atoms with Crippen molar-refractivity contribution < 1.29 is 0 Å². The van der Waals surface area contributed by atoms with Crippen LogP contribution in [-0.4, -0.2) is 25.8 Å². The summed E-state index contributed by atoms with van der Waals surface area (Å²) < 4.78 is 0. The van der Waals surface area contributed by atoms with Crippen LogP contribution in [0.25, 0.3) is 43.1 Å². The molecule has 0 amide bonds. The average Bonchev–Trinajstić information content (AvgIpc) is 3.17. The molecule has 0 aliphatic carbocycles. The largest absolute Gasteiger partial charge is 0.324 e. The molecule has 0 aromatic heterocycles. The van der Waals surface area contributed by atoms with E-state index in [-0.39, 0.29) is 0 Å². The lowest BCUT2D eigenvalue weighted by Gasteiger charge is -2.15. The zero-order valence-corrected chi connectivity index (χ0v) is 16.3. The van der Waals surface area contributed by atoms with Gasteiger partial charge in [0.15, 0.2) is 0 Å². The fourth-order valence-electron chi connectivity index (χ4n) is 4.83. The van der Waals surface area contributed by atoms with Crippen LogP contribution in [-0.2, 0) is 0 Å². The lowest BCUT2D eigenvalue weighted by Crippen LogP contribution is -2.22. The fraction of sp³-hybridized carbons (Fsp3) is 0.0769. The first kappa shape index (κ1) is 16.3. The molecule has 6 rings (SSSR count). The van der Waals surface area contributed by atoms with E-state index in [0.717, 1.165) is 22.8 Å². The molecule has 0 saturated carbocycles. The Morgan fingerprint density at radius 1 is 0.517 bits per heavy atom. The number of amidine groups is 2. The number of hydrogen-bond donors (Lipinski definition) is 1. The van der Waals surface area contributed by atoms with Crippen molar-refractivity contribution in [3.05, 3.63) is 83.9 Å². The first-order chi connectivity index (χ1) is 14.3. The predicted octanol–water partition coefficient (Wildman–Crippen LogP) is 5.66. The van der Waals surface area contributed by atoms with E-state index >= 15 is 0 Å². The average molecular weight is 373 g/mol. The van der Waals surface area contributed by atoms with Crippen molar-refractivity contribution in [3.8, 4) is 0 Å². The first-order valence-corrected chi connectivity index (χ1v) is 9.82. The van der Waals surface area contributed by atoms with Crippen LogP contribution in [0.15, 0.2) is 82.8 Å². The highest BCUT2D eigenvalue weighted by atomic mass is 15.1. The number of fused-ring (bicyclic) bond motifs is 10. The molecule has 5 aromatic carbocycles. The second kappa shape index (κ2) is 5.89. The van der Waals surface area contributed by atoms with E-state index in [1.165, 1.54) is 43.1 Å². The van der Waals surface area contributed by atoms with E-state index in [4.69, 9.17) is 0 Å². The van der Waals surface area contributed by atoms with Crippen molar-refractivity contribution in [2.75, 3.05) is 14.1 Å². The minimum atomic E-state index is 0.885. The van der Waals surface area contributed by atoms with Crippen molar-refractivity contribution in [1.82, 2.24) is 5.32 Å². The van der Waals surface area contributed by atoms with Crippen molar-refractivity contribution >= 4 is 54.8 Å². The minimum Gasteiger partial charge on any atom is -0.324 e. The Bertz CT molecular complexity index is 1420. The maximum atomic E-state index is 4.55. The number of rotatable bonds is 0. The van der Waals surface area contributed by atoms with Crippen LogP contribution in [0.1, 0.15) is 11.1 Å². The van der Waals surface area contributed by atoms with Crippen LogP contribution < -0.4 is 5.32 Å². The SMILES string of the molecule is C/N=C1\N/C(=N\C)c2c1c1ccc3ccccc3c1c1c2ccc2ccccc21. The molecule has 1 N–H and O–H groups in total. The van der Waals surface area contributed by atoms with E-state index in [9.17, 15) is 0 Å². The summed E-state index contributed by atoms with van der Waals surface area (Å²) in [5.41, 5.74) is 2.30. The summed E-state index contributed by atoms with van der Waals surface area (Å²) in [6.45, 7) is 0. The number of benzene rings is 5. The number of nitrogens with one attached hydrogen (secondary N) is 1. The minimum absolute atomic E-state index is 0.885. The molecule has 3 heteroatoms. The Morgan fingerprint density at radius 2 is 0.966 bits per heavy atom. The smallest absolute Gasteiger partial charge is 0.135 e. The van der Waals surface area contributed by atoms with E-state index in [0.29, 0.717) is 0 Å². The Kier molecular flexibility index (Phi) is 3.30. The summed E-state index contributed by atoms with van der Waals surface area (Å²) in [6, 6.07) is 26.2. The predicted molar refractivity (Wildman–Crippen MR) is 125 cm³/mol. The van der Waals surface area contributed by atoms with Gasteiger partial charge in [0.25, 0.3) is 0 Å². The molecule has 1 heterocycles. The fourth-order valence-corrected chi connectivity index (χ4v) is 4.83. The Balaban J connectivity index is 2.03. The van der Waals surface area contributed by atoms with Crippen molar-refractivity contribution in [1.29, 1.82) is 0 Å². The summed E-state index contributed by atoms with van der Waals surface area (Å²) >= 11 is 0. The van der Waals surface area contributed by atoms with Crippen molar-refractivity contribution in [3.63, 3.8) is 0 Å². The maximum absolute atomic E-state index is 4.55. The zero-order chi connectivity index (χ0) is 19.5. The van der Waals surface area contributed by atoms with E-state index in [2.05, 4.69) is 88.1 Å². The third-order valence-corrected chi connectivity index (χ3v) is 6.05. The second-order valence-corrected chi connectivity index (χ2v) is 7.44. The van der Waals surface area contributed by atoms with Crippen LogP contribution in [0.2, 0.25) is 0 Å². The second-order valence-electron chi connectivity index (χ2n) is 7.44. The standard InChI is InChI=1S/C26H19N3/c1-27-25-23-19-13-11-15-7-3-5-9-17(15)21(19)22-18-10-6-4-8-16(18)12-14-20(22)24(23)26(28-2)29-25/h3-14H,1-2H3,(H,27,28,29). The molecule has 0 bridgehead atoms. The highest BCUT2D eigenvalue weighted by molar-refractivity contribution is 6.40. The van der Waals surface area contributed by atoms with E-state index in [1.807, 2.05) is 14.1 Å². The van der Waals surface area contributed by atoms with Gasteiger partial charge in [0.2, 0.25) is 0 Å². The van der Waals surface area contributed by atoms with Gasteiger partial charge in [-0.15, -0.1) is 0 Å². The summed E-state index contributed by atoms with van der Waals surface area (Å²) in [5.74, 6) is 1.77. The van der Waals surface area contributed by atoms with Gasteiger partial charge in [-0.2, -0.15) is 0 Å². The van der Waals surface area contributed by atoms with Crippen LogP contribution >= 0.6 is 0 Å². The molecule has 0 radical (unpaired) electrons. The third kappa shape index (κ3) is 2.07. The van der Waals surface area contributed by atoms with E-state index in [1.54, 1.807) is 0 Å². The lowest BCUT2D eigenvalue weighted by molar-refractivity contribution is 1.29. The maximum Gasteiger partial charge on any atom is 0.135 e. The normalized spacial score (nSPS) is 16.3. The molecule has 0 atom stereocenters. The number of aliphatic imine (C=N–C) groups is 2. The molecular weight excluding hydrogens is 354 g/mol. The van der Waals surface area contributed by atoms with Crippen LogP contribution in [0, 0.1) is 0 Å². The third-order valence-electron chi connectivity index (χ3n) is 6.05. The highest BCUT2D eigenvalue weighted by Gasteiger charge is 2.29. The molecule has 0 saturated heterocycles. The van der Waals surface area contributed by atoms with Crippen LogP contribution in [0.3, 0.4) is 0 Å². The van der Waals surface area contributed by atoms with Crippen LogP contribution in [0.5, 0.6) is 0 Å². The molecule has 0 fully saturated rings. The van der Waals surface area contributed by atoms with E-state index < -0.39 is 0 Å². The molecule has 29 heavy (non-hydrogen) atoms. The van der Waals surface area contributed by atoms with Gasteiger partial charge in [-0.25, -0.2) is 0 Å². The van der Waals surface area contributed by atoms with Crippen molar-refractivity contribution in [2.24, 2.45) is 9.98 Å².